The molecule has 2 heterocycles. The lowest BCUT2D eigenvalue weighted by atomic mass is 9.78. The second-order valence-corrected chi connectivity index (χ2v) is 13.5. The van der Waals surface area contributed by atoms with Crippen LogP contribution in [0.1, 0.15) is 42.0 Å². The van der Waals surface area contributed by atoms with E-state index in [-0.39, 0.29) is 40.9 Å². The summed E-state index contributed by atoms with van der Waals surface area (Å²) in [5.74, 6) is -1.63. The van der Waals surface area contributed by atoms with Gasteiger partial charge in [-0.15, -0.1) is 0 Å². The summed E-state index contributed by atoms with van der Waals surface area (Å²) in [5.41, 5.74) is 0.154. The normalized spacial score (nSPS) is 21.0. The number of nitrogens with zero attached hydrogens (tertiary/aromatic N) is 4. The van der Waals surface area contributed by atoms with Crippen LogP contribution in [0.15, 0.2) is 59.9 Å². The second kappa shape index (κ2) is 14.4. The molecular weight excluding hydrogens is 640 g/mol. The molecule has 3 atom stereocenters. The highest BCUT2D eigenvalue weighted by molar-refractivity contribution is 7.90. The summed E-state index contributed by atoms with van der Waals surface area (Å²) in [6.07, 6.45) is -0.677. The number of likely N-dealkylation sites (tertiary alicyclic amines) is 1. The summed E-state index contributed by atoms with van der Waals surface area (Å²) in [6, 6.07) is 8.95. The second-order valence-electron chi connectivity index (χ2n) is 11.2. The van der Waals surface area contributed by atoms with Crippen molar-refractivity contribution in [3.8, 4) is 5.75 Å². The number of carboxylic acid groups (broad SMARTS) is 1. The van der Waals surface area contributed by atoms with E-state index in [1.807, 2.05) is 14.1 Å². The maximum Gasteiger partial charge on any atom is 0.416 e. The summed E-state index contributed by atoms with van der Waals surface area (Å²) in [7, 11) is -0.125. The van der Waals surface area contributed by atoms with E-state index in [4.69, 9.17) is 26.2 Å². The van der Waals surface area contributed by atoms with Gasteiger partial charge in [-0.2, -0.15) is 13.2 Å². The van der Waals surface area contributed by atoms with E-state index in [0.29, 0.717) is 24.8 Å². The van der Waals surface area contributed by atoms with Gasteiger partial charge in [0.05, 0.1) is 22.0 Å². The van der Waals surface area contributed by atoms with Gasteiger partial charge >= 0.3 is 6.18 Å². The predicted molar refractivity (Wildman–Crippen MR) is 158 cm³/mol. The van der Waals surface area contributed by atoms with Crippen LogP contribution in [0.25, 0.3) is 0 Å². The highest BCUT2D eigenvalue weighted by atomic mass is 35.5. The van der Waals surface area contributed by atoms with Crippen LogP contribution in [0.2, 0.25) is 5.02 Å². The Labute approximate surface area is 263 Å². The van der Waals surface area contributed by atoms with Crippen LogP contribution >= 0.6 is 11.6 Å². The number of hydrogen-bond donors (Lipinski definition) is 1. The minimum atomic E-state index is -4.43. The van der Waals surface area contributed by atoms with Gasteiger partial charge in [-0.1, -0.05) is 29.8 Å². The number of ether oxygens (including phenoxy) is 1. The Morgan fingerprint density at radius 2 is 1.89 bits per heavy atom. The third kappa shape index (κ3) is 8.48. The number of sulfone groups is 1. The molecule has 5 rings (SSSR count). The first-order chi connectivity index (χ1) is 21.2. The van der Waals surface area contributed by atoms with E-state index >= 15 is 4.39 Å². The first kappa shape index (κ1) is 34.5. The van der Waals surface area contributed by atoms with Crippen LogP contribution in [-0.2, 0) is 26.6 Å². The third-order valence-corrected chi connectivity index (χ3v) is 10.1. The van der Waals surface area contributed by atoms with Gasteiger partial charge in [0.25, 0.3) is 6.47 Å². The van der Waals surface area contributed by atoms with E-state index < -0.39 is 44.1 Å². The number of benzene rings is 2. The lowest BCUT2D eigenvalue weighted by Gasteiger charge is -2.49. The highest BCUT2D eigenvalue weighted by Crippen LogP contribution is 2.41. The zero-order valence-corrected chi connectivity index (χ0v) is 26.1. The summed E-state index contributed by atoms with van der Waals surface area (Å²) in [4.78, 5) is 19.8. The molecule has 15 heteroatoms. The Balaban J connectivity index is 0.00000148. The van der Waals surface area contributed by atoms with Crippen molar-refractivity contribution in [1.29, 1.82) is 0 Å². The largest absolute Gasteiger partial charge is 0.487 e. The van der Waals surface area contributed by atoms with Crippen molar-refractivity contribution in [2.75, 3.05) is 27.2 Å². The van der Waals surface area contributed by atoms with Crippen LogP contribution in [-0.4, -0.2) is 85.1 Å². The standard InChI is InChI=1S/C29H31ClF4N4O3S.CH2O2/c1-37-14-22(15-37)38(2)25-11-19(18-4-3-5-20(10-18)29(32,33)34)6-7-26(25)41-27-13-24(31)28(12-23(27)30)42(39,40)16-21-8-9-35-17-36-21;2-1-3/h3-5,8-10,12-13,17,19,22,25-26H,6-7,11,14-16H2,1-2H3;1H,(H,2,3)/t19-,25-,26-;/m0./s1. The molecule has 2 aromatic carbocycles. The molecule has 1 aliphatic carbocycles. The Hall–Kier alpha value is -3.33. The summed E-state index contributed by atoms with van der Waals surface area (Å²) >= 11 is 6.45. The number of hydrogen-bond acceptors (Lipinski definition) is 8. The molecule has 9 nitrogen and oxygen atoms in total. The highest BCUT2D eigenvalue weighted by Gasteiger charge is 2.41. The molecule has 244 valence electrons. The first-order valence-corrected chi connectivity index (χ1v) is 16.0. The minimum Gasteiger partial charge on any atom is -0.487 e. The molecule has 2 aliphatic rings. The SMILES string of the molecule is CN1CC(N(C)[C@H]2C[C@@H](c3cccc(C(F)(F)F)c3)CC[C@@H]2Oc2cc(F)c(S(=O)(=O)Cc3ccncn3)cc2Cl)C1.O=CO. The topological polar surface area (TPSA) is 113 Å². The van der Waals surface area contributed by atoms with Crippen molar-refractivity contribution < 1.29 is 40.6 Å². The molecule has 1 aromatic heterocycles. The molecule has 1 saturated carbocycles. The van der Waals surface area contributed by atoms with Gasteiger partial charge in [-0.25, -0.2) is 22.8 Å². The summed E-state index contributed by atoms with van der Waals surface area (Å²) < 4.78 is 87.6. The average Bonchev–Trinajstić information content (AvgIpc) is 2.97. The van der Waals surface area contributed by atoms with Crippen LogP contribution < -0.4 is 4.74 Å². The van der Waals surface area contributed by atoms with Crippen molar-refractivity contribution >= 4 is 27.9 Å². The maximum absolute atomic E-state index is 15.2. The van der Waals surface area contributed by atoms with E-state index in [1.54, 1.807) is 6.07 Å². The number of carbonyl (C=O) groups is 1. The quantitative estimate of drug-likeness (QED) is 0.252. The van der Waals surface area contributed by atoms with Crippen LogP contribution in [0.5, 0.6) is 5.75 Å². The predicted octanol–water partition coefficient (Wildman–Crippen LogP) is 5.29. The fraction of sp³-hybridized carbons (Fsp3) is 0.433. The third-order valence-electron chi connectivity index (χ3n) is 8.17. The summed E-state index contributed by atoms with van der Waals surface area (Å²) in [6.45, 7) is 1.42. The van der Waals surface area contributed by atoms with Gasteiger partial charge in [0.15, 0.2) is 9.84 Å². The molecule has 2 fully saturated rings. The van der Waals surface area contributed by atoms with Crippen molar-refractivity contribution in [2.45, 2.75) is 60.2 Å². The minimum absolute atomic E-state index is 0.0156. The van der Waals surface area contributed by atoms with Crippen LogP contribution in [0.4, 0.5) is 17.6 Å². The molecule has 0 spiro atoms. The fourth-order valence-electron chi connectivity index (χ4n) is 5.83. The van der Waals surface area contributed by atoms with Gasteiger partial charge in [0.1, 0.15) is 28.9 Å². The van der Waals surface area contributed by atoms with Crippen molar-refractivity contribution in [3.05, 3.63) is 82.6 Å². The lowest BCUT2D eigenvalue weighted by Crippen LogP contribution is -2.62. The van der Waals surface area contributed by atoms with Crippen molar-refractivity contribution in [3.63, 3.8) is 0 Å². The number of halogens is 5. The van der Waals surface area contributed by atoms with E-state index in [9.17, 15) is 21.6 Å². The van der Waals surface area contributed by atoms with Gasteiger partial charge in [-0.05, 0) is 63.0 Å². The smallest absolute Gasteiger partial charge is 0.416 e. The molecule has 0 amide bonds. The Bertz CT molecular complexity index is 1580. The maximum atomic E-state index is 15.2. The average molecular weight is 673 g/mol. The molecule has 1 saturated heterocycles. The number of rotatable bonds is 8. The van der Waals surface area contributed by atoms with E-state index in [1.165, 1.54) is 30.7 Å². The van der Waals surface area contributed by atoms with Gasteiger partial charge in [0, 0.05) is 37.4 Å². The molecule has 0 bridgehead atoms. The van der Waals surface area contributed by atoms with Crippen LogP contribution in [0, 0.1) is 5.82 Å². The number of likely N-dealkylation sites (N-methyl/N-ethyl adjacent to an activating group) is 2. The summed E-state index contributed by atoms with van der Waals surface area (Å²) in [5, 5.41) is 6.84. The molecule has 0 unspecified atom stereocenters. The van der Waals surface area contributed by atoms with Gasteiger partial charge in [0.2, 0.25) is 0 Å². The molecule has 1 N–H and O–H groups in total. The molecule has 1 aliphatic heterocycles. The van der Waals surface area contributed by atoms with E-state index in [0.717, 1.165) is 31.3 Å². The van der Waals surface area contributed by atoms with Gasteiger partial charge < -0.3 is 14.7 Å². The fourth-order valence-corrected chi connectivity index (χ4v) is 7.47. The Morgan fingerprint density at radius 3 is 2.51 bits per heavy atom. The number of alkyl halides is 3. The zero-order chi connectivity index (χ0) is 32.9. The molecule has 45 heavy (non-hydrogen) atoms. The molecule has 0 radical (unpaired) electrons. The Morgan fingerprint density at radius 1 is 1.18 bits per heavy atom. The first-order valence-electron chi connectivity index (χ1n) is 14.0. The lowest BCUT2D eigenvalue weighted by molar-refractivity contribution is -0.137. The van der Waals surface area contributed by atoms with Crippen LogP contribution in [0.3, 0.4) is 0 Å². The monoisotopic (exact) mass is 672 g/mol. The van der Waals surface area contributed by atoms with Crippen molar-refractivity contribution in [2.24, 2.45) is 0 Å². The zero-order valence-electron chi connectivity index (χ0n) is 24.5. The molecule has 3 aromatic rings. The van der Waals surface area contributed by atoms with E-state index in [2.05, 4.69) is 19.8 Å². The van der Waals surface area contributed by atoms with Gasteiger partial charge in [-0.3, -0.25) is 9.69 Å². The molecular formula is C30H33ClF4N4O5S. The Kier molecular flexibility index (Phi) is 11.1. The number of aromatic nitrogens is 2. The van der Waals surface area contributed by atoms with Crippen molar-refractivity contribution in [1.82, 2.24) is 19.8 Å².